The van der Waals surface area contributed by atoms with Crippen LogP contribution in [0.4, 0.5) is 0 Å². The molecule has 3 rings (SSSR count). The summed E-state index contributed by atoms with van der Waals surface area (Å²) in [6, 6.07) is 13.9. The second kappa shape index (κ2) is 18.6. The van der Waals surface area contributed by atoms with Gasteiger partial charge in [0.2, 0.25) is 5.91 Å². The van der Waals surface area contributed by atoms with E-state index in [0.717, 1.165) is 33.7 Å². The van der Waals surface area contributed by atoms with Crippen LogP contribution in [0.25, 0.3) is 10.9 Å². The highest BCUT2D eigenvalue weighted by molar-refractivity contribution is 7.99. The van der Waals surface area contributed by atoms with Gasteiger partial charge in [0, 0.05) is 22.9 Å². The summed E-state index contributed by atoms with van der Waals surface area (Å²) in [5.41, 5.74) is 3.57. The summed E-state index contributed by atoms with van der Waals surface area (Å²) in [4.78, 5) is 17.6. The number of fused-ring (bicyclic) bond motifs is 1. The van der Waals surface area contributed by atoms with Gasteiger partial charge in [0.25, 0.3) is 0 Å². The minimum atomic E-state index is -0.0427. The Hall–Kier alpha value is -2.60. The Kier molecular flexibility index (Phi) is 14.7. The van der Waals surface area contributed by atoms with Crippen LogP contribution in [-0.4, -0.2) is 17.1 Å². The fourth-order valence-corrected chi connectivity index (χ4v) is 5.51. The lowest BCUT2D eigenvalue weighted by atomic mass is 10.0. The van der Waals surface area contributed by atoms with Crippen LogP contribution < -0.4 is 5.43 Å². The molecule has 0 spiro atoms. The lowest BCUT2D eigenvalue weighted by molar-refractivity contribution is -0.121. The third-order valence-corrected chi connectivity index (χ3v) is 7.77. The van der Waals surface area contributed by atoms with Crippen LogP contribution in [0.15, 0.2) is 68.2 Å². The summed E-state index contributed by atoms with van der Waals surface area (Å²) in [6.45, 7) is 2.28. The summed E-state index contributed by atoms with van der Waals surface area (Å²) < 4.78 is 5.84. The van der Waals surface area contributed by atoms with Crippen molar-refractivity contribution < 1.29 is 9.21 Å². The number of hydrazone groups is 1. The number of rotatable bonds is 20. The van der Waals surface area contributed by atoms with Crippen molar-refractivity contribution in [3.63, 3.8) is 0 Å². The molecule has 0 radical (unpaired) electrons. The Morgan fingerprint density at radius 3 is 2.16 bits per heavy atom. The van der Waals surface area contributed by atoms with Crippen molar-refractivity contribution in [2.45, 2.75) is 120 Å². The maximum absolute atomic E-state index is 12.1. The molecule has 5 nitrogen and oxygen atoms in total. The lowest BCUT2D eigenvalue weighted by Crippen LogP contribution is -2.16. The molecule has 0 aliphatic rings. The molecule has 2 heterocycles. The first-order valence-electron chi connectivity index (χ1n) is 14.7. The van der Waals surface area contributed by atoms with Crippen molar-refractivity contribution in [1.82, 2.24) is 10.4 Å². The number of furan rings is 1. The van der Waals surface area contributed by atoms with Gasteiger partial charge in [0.05, 0.1) is 11.7 Å². The SMILES string of the molecule is CCCCCCCCCCCCCCCCCC(=O)NN=Cc1ccc(Sc2cccc3cccnc23)o1. The second-order valence-corrected chi connectivity index (χ2v) is 11.1. The number of nitrogens with one attached hydrogen (secondary N) is 1. The fraction of sp³-hybridized carbons (Fsp3) is 0.531. The molecule has 0 atom stereocenters. The van der Waals surface area contributed by atoms with E-state index in [-0.39, 0.29) is 5.91 Å². The van der Waals surface area contributed by atoms with E-state index in [1.807, 2.05) is 30.3 Å². The van der Waals surface area contributed by atoms with Crippen molar-refractivity contribution in [3.8, 4) is 0 Å². The topological polar surface area (TPSA) is 67.5 Å². The van der Waals surface area contributed by atoms with Crippen LogP contribution in [0.2, 0.25) is 0 Å². The van der Waals surface area contributed by atoms with Crippen molar-refractivity contribution >= 4 is 34.8 Å². The standard InChI is InChI=1S/C32H45N3O2S/c1-2-3-4-5-6-7-8-9-10-11-12-13-14-15-16-22-30(36)35-34-26-28-23-24-31(37-28)38-29-21-17-19-27-20-18-25-33-32(27)29/h17-21,23-26H,2-16,22H2,1H3,(H,35,36). The zero-order chi connectivity index (χ0) is 26.7. The summed E-state index contributed by atoms with van der Waals surface area (Å²) in [5, 5.41) is 5.92. The normalized spacial score (nSPS) is 11.5. The van der Waals surface area contributed by atoms with E-state index < -0.39 is 0 Å². The maximum Gasteiger partial charge on any atom is 0.240 e. The molecule has 0 aliphatic heterocycles. The summed E-state index contributed by atoms with van der Waals surface area (Å²) >= 11 is 1.53. The average molecular weight is 536 g/mol. The van der Waals surface area contributed by atoms with Crippen LogP contribution in [-0.2, 0) is 4.79 Å². The Morgan fingerprint density at radius 2 is 1.47 bits per heavy atom. The van der Waals surface area contributed by atoms with E-state index in [9.17, 15) is 4.79 Å². The number of unbranched alkanes of at least 4 members (excludes halogenated alkanes) is 14. The molecule has 0 aliphatic carbocycles. The molecular formula is C32H45N3O2S. The van der Waals surface area contributed by atoms with Crippen molar-refractivity contribution in [2.75, 3.05) is 0 Å². The fourth-order valence-electron chi connectivity index (χ4n) is 4.61. The lowest BCUT2D eigenvalue weighted by Gasteiger charge is -2.03. The van der Waals surface area contributed by atoms with Crippen LogP contribution in [0.1, 0.15) is 115 Å². The number of aromatic nitrogens is 1. The molecule has 3 aromatic rings. The summed E-state index contributed by atoms with van der Waals surface area (Å²) in [5.74, 6) is 0.562. The number of amides is 1. The number of para-hydroxylation sites is 1. The van der Waals surface area contributed by atoms with E-state index in [2.05, 4.69) is 34.6 Å². The summed E-state index contributed by atoms with van der Waals surface area (Å²) in [7, 11) is 0. The van der Waals surface area contributed by atoms with Gasteiger partial charge in [0.1, 0.15) is 5.76 Å². The maximum atomic E-state index is 12.1. The van der Waals surface area contributed by atoms with E-state index in [1.54, 1.807) is 12.4 Å². The highest BCUT2D eigenvalue weighted by Crippen LogP contribution is 2.33. The van der Waals surface area contributed by atoms with Crippen LogP contribution in [0.3, 0.4) is 0 Å². The molecule has 1 amide bonds. The number of carbonyl (C=O) groups excluding carboxylic acids is 1. The number of benzene rings is 1. The van der Waals surface area contributed by atoms with E-state index >= 15 is 0 Å². The van der Waals surface area contributed by atoms with Crippen molar-refractivity contribution in [1.29, 1.82) is 0 Å². The van der Waals surface area contributed by atoms with E-state index in [1.165, 1.54) is 95.2 Å². The number of nitrogens with zero attached hydrogens (tertiary/aromatic N) is 2. The van der Waals surface area contributed by atoms with Gasteiger partial charge < -0.3 is 4.42 Å². The minimum absolute atomic E-state index is 0.0427. The largest absolute Gasteiger partial charge is 0.448 e. The Balaban J connectivity index is 1.19. The molecule has 206 valence electrons. The van der Waals surface area contributed by atoms with E-state index in [0.29, 0.717) is 12.2 Å². The van der Waals surface area contributed by atoms with Crippen LogP contribution >= 0.6 is 11.8 Å². The molecule has 1 N–H and O–H groups in total. The predicted molar refractivity (Wildman–Crippen MR) is 160 cm³/mol. The van der Waals surface area contributed by atoms with Crippen LogP contribution in [0, 0.1) is 0 Å². The molecular weight excluding hydrogens is 490 g/mol. The van der Waals surface area contributed by atoms with Gasteiger partial charge in [-0.15, -0.1) is 0 Å². The number of carbonyl (C=O) groups is 1. The first-order chi connectivity index (χ1) is 18.8. The van der Waals surface area contributed by atoms with Gasteiger partial charge in [-0.25, -0.2) is 5.43 Å². The molecule has 38 heavy (non-hydrogen) atoms. The quantitative estimate of drug-likeness (QED) is 0.0888. The molecule has 0 saturated carbocycles. The Morgan fingerprint density at radius 1 is 0.842 bits per heavy atom. The highest BCUT2D eigenvalue weighted by atomic mass is 32.2. The van der Waals surface area contributed by atoms with Gasteiger partial charge in [-0.3, -0.25) is 9.78 Å². The van der Waals surface area contributed by atoms with Gasteiger partial charge in [0.15, 0.2) is 5.09 Å². The smallest absolute Gasteiger partial charge is 0.240 e. The second-order valence-electron chi connectivity index (χ2n) is 10.1. The van der Waals surface area contributed by atoms with Gasteiger partial charge >= 0.3 is 0 Å². The predicted octanol–water partition coefficient (Wildman–Crippen LogP) is 9.69. The zero-order valence-electron chi connectivity index (χ0n) is 23.1. The average Bonchev–Trinajstić information content (AvgIpc) is 3.38. The highest BCUT2D eigenvalue weighted by Gasteiger charge is 2.07. The van der Waals surface area contributed by atoms with E-state index in [4.69, 9.17) is 4.42 Å². The Bertz CT molecular complexity index is 1090. The monoisotopic (exact) mass is 535 g/mol. The Labute approximate surface area is 233 Å². The van der Waals surface area contributed by atoms with Gasteiger partial charge in [-0.2, -0.15) is 5.10 Å². The van der Waals surface area contributed by atoms with Crippen LogP contribution in [0.5, 0.6) is 0 Å². The molecule has 0 unspecified atom stereocenters. The number of pyridine rings is 1. The molecule has 0 fully saturated rings. The third-order valence-electron chi connectivity index (χ3n) is 6.80. The molecule has 6 heteroatoms. The van der Waals surface area contributed by atoms with Crippen molar-refractivity contribution in [2.24, 2.45) is 5.10 Å². The van der Waals surface area contributed by atoms with Gasteiger partial charge in [-0.1, -0.05) is 115 Å². The first kappa shape index (κ1) is 29.9. The summed E-state index contributed by atoms with van der Waals surface area (Å²) in [6.07, 6.45) is 23.7. The van der Waals surface area contributed by atoms with Gasteiger partial charge in [-0.05, 0) is 42.4 Å². The minimum Gasteiger partial charge on any atom is -0.448 e. The zero-order valence-corrected chi connectivity index (χ0v) is 23.9. The molecule has 2 aromatic heterocycles. The molecule has 0 bridgehead atoms. The third kappa shape index (κ3) is 11.8. The number of hydrogen-bond acceptors (Lipinski definition) is 5. The first-order valence-corrected chi connectivity index (χ1v) is 15.5. The van der Waals surface area contributed by atoms with Crippen molar-refractivity contribution in [3.05, 3.63) is 54.4 Å². The molecule has 0 saturated heterocycles. The number of hydrogen-bond donors (Lipinski definition) is 1. The molecule has 1 aromatic carbocycles.